The van der Waals surface area contributed by atoms with Gasteiger partial charge in [0.25, 0.3) is 11.8 Å². The Morgan fingerprint density at radius 2 is 1.79 bits per heavy atom. The van der Waals surface area contributed by atoms with Crippen molar-refractivity contribution in [3.63, 3.8) is 0 Å². The maximum atomic E-state index is 13.1. The zero-order valence-corrected chi connectivity index (χ0v) is 16.5. The van der Waals surface area contributed by atoms with E-state index in [0.29, 0.717) is 42.4 Å². The summed E-state index contributed by atoms with van der Waals surface area (Å²) < 4.78 is 1.93. The van der Waals surface area contributed by atoms with Gasteiger partial charge in [-0.05, 0) is 50.6 Å². The van der Waals surface area contributed by atoms with Crippen LogP contribution >= 0.6 is 0 Å². The van der Waals surface area contributed by atoms with Gasteiger partial charge in [-0.15, -0.1) is 0 Å². The smallest absolute Gasteiger partial charge is 0.289 e. The highest BCUT2D eigenvalue weighted by Crippen LogP contribution is 2.23. The number of hydrogen-bond donors (Lipinski definition) is 1. The fourth-order valence-corrected chi connectivity index (χ4v) is 3.86. The molecule has 8 nitrogen and oxygen atoms in total. The lowest BCUT2D eigenvalue weighted by atomic mass is 10.1. The maximum absolute atomic E-state index is 13.1. The summed E-state index contributed by atoms with van der Waals surface area (Å²) in [4.78, 5) is 34.5. The number of nitrogens with zero attached hydrogens (tertiary/aromatic N) is 5. The summed E-state index contributed by atoms with van der Waals surface area (Å²) in [6.45, 7) is 3.73. The highest BCUT2D eigenvalue weighted by Gasteiger charge is 2.30. The average molecular weight is 392 g/mol. The Labute approximate surface area is 169 Å². The molecule has 2 aliphatic heterocycles. The van der Waals surface area contributed by atoms with E-state index in [1.807, 2.05) is 16.5 Å². The Kier molecular flexibility index (Phi) is 5.32. The van der Waals surface area contributed by atoms with Gasteiger partial charge in [0, 0.05) is 38.4 Å². The first kappa shape index (κ1) is 19.2. The van der Waals surface area contributed by atoms with E-state index >= 15 is 0 Å². The number of piperazine rings is 1. The Morgan fingerprint density at radius 1 is 1.07 bits per heavy atom. The number of rotatable bonds is 3. The summed E-state index contributed by atoms with van der Waals surface area (Å²) in [5.41, 5.74) is 2.28. The van der Waals surface area contributed by atoms with Gasteiger partial charge in [0.2, 0.25) is 0 Å². The van der Waals surface area contributed by atoms with E-state index in [2.05, 4.69) is 21.3 Å². The fourth-order valence-electron chi connectivity index (χ4n) is 3.86. The standard InChI is InChI=1S/C21H24N6O2/c1-25-10-12-26(13-11-25)21(29)19-24-18(17-4-2-3-9-27(17)19)20(28)23-16-7-5-15(14-22)6-8-16/h5-8H,2-4,9-13H2,1H3,(H,23,28). The summed E-state index contributed by atoms with van der Waals surface area (Å²) >= 11 is 0. The second kappa shape index (κ2) is 8.05. The molecule has 1 N–H and O–H groups in total. The largest absolute Gasteiger partial charge is 0.333 e. The molecule has 0 spiro atoms. The molecular formula is C21H24N6O2. The van der Waals surface area contributed by atoms with Crippen LogP contribution < -0.4 is 5.32 Å². The first-order valence-electron chi connectivity index (χ1n) is 9.95. The molecule has 0 atom stereocenters. The van der Waals surface area contributed by atoms with Crippen LogP contribution in [0.3, 0.4) is 0 Å². The number of carbonyl (C=O) groups is 2. The molecule has 0 saturated carbocycles. The normalized spacial score (nSPS) is 16.8. The monoisotopic (exact) mass is 392 g/mol. The van der Waals surface area contributed by atoms with Gasteiger partial charge in [-0.2, -0.15) is 5.26 Å². The Bertz CT molecular complexity index is 964. The van der Waals surface area contributed by atoms with Gasteiger partial charge in [-0.3, -0.25) is 9.59 Å². The molecule has 1 aromatic heterocycles. The van der Waals surface area contributed by atoms with E-state index in [4.69, 9.17) is 5.26 Å². The van der Waals surface area contributed by atoms with Gasteiger partial charge in [0.15, 0.2) is 11.5 Å². The van der Waals surface area contributed by atoms with Crippen LogP contribution in [0, 0.1) is 11.3 Å². The molecule has 0 bridgehead atoms. The zero-order valence-electron chi connectivity index (χ0n) is 16.5. The molecular weight excluding hydrogens is 368 g/mol. The molecule has 29 heavy (non-hydrogen) atoms. The predicted octanol–water partition coefficient (Wildman–Crippen LogP) is 1.73. The highest BCUT2D eigenvalue weighted by atomic mass is 16.2. The van der Waals surface area contributed by atoms with Crippen LogP contribution in [0.15, 0.2) is 24.3 Å². The van der Waals surface area contributed by atoms with E-state index in [0.717, 1.165) is 38.0 Å². The van der Waals surface area contributed by atoms with Crippen LogP contribution in [-0.4, -0.2) is 64.4 Å². The van der Waals surface area contributed by atoms with E-state index < -0.39 is 0 Å². The second-order valence-electron chi connectivity index (χ2n) is 7.58. The van der Waals surface area contributed by atoms with Crippen molar-refractivity contribution in [1.82, 2.24) is 19.4 Å². The van der Waals surface area contributed by atoms with E-state index in [1.54, 1.807) is 24.3 Å². The van der Waals surface area contributed by atoms with Gasteiger partial charge in [-0.25, -0.2) is 4.98 Å². The maximum Gasteiger partial charge on any atom is 0.289 e. The molecule has 3 heterocycles. The summed E-state index contributed by atoms with van der Waals surface area (Å²) in [5, 5.41) is 11.8. The number of nitriles is 1. The number of amides is 2. The molecule has 0 radical (unpaired) electrons. The van der Waals surface area contributed by atoms with Gasteiger partial charge in [-0.1, -0.05) is 0 Å². The summed E-state index contributed by atoms with van der Waals surface area (Å²) in [6.07, 6.45) is 2.69. The topological polar surface area (TPSA) is 94.3 Å². The van der Waals surface area contributed by atoms with Crippen LogP contribution in [0.5, 0.6) is 0 Å². The molecule has 1 fully saturated rings. The van der Waals surface area contributed by atoms with Crippen molar-refractivity contribution in [1.29, 1.82) is 5.26 Å². The number of benzene rings is 1. The molecule has 2 aromatic rings. The van der Waals surface area contributed by atoms with Crippen molar-refractivity contribution in [2.75, 3.05) is 38.5 Å². The van der Waals surface area contributed by atoms with Crippen LogP contribution in [0.25, 0.3) is 0 Å². The minimum absolute atomic E-state index is 0.0985. The van der Waals surface area contributed by atoms with Crippen molar-refractivity contribution in [2.24, 2.45) is 0 Å². The molecule has 0 aliphatic carbocycles. The Balaban J connectivity index is 1.59. The molecule has 150 valence electrons. The van der Waals surface area contributed by atoms with Crippen molar-refractivity contribution in [3.05, 3.63) is 47.0 Å². The molecule has 8 heteroatoms. The average Bonchev–Trinajstić information content (AvgIpc) is 3.14. The van der Waals surface area contributed by atoms with Crippen LogP contribution in [0.1, 0.15) is 45.2 Å². The third kappa shape index (κ3) is 3.87. The lowest BCUT2D eigenvalue weighted by Crippen LogP contribution is -2.47. The van der Waals surface area contributed by atoms with Crippen molar-refractivity contribution < 1.29 is 9.59 Å². The molecule has 1 aromatic carbocycles. The van der Waals surface area contributed by atoms with Gasteiger partial charge < -0.3 is 19.7 Å². The van der Waals surface area contributed by atoms with E-state index in [1.165, 1.54) is 0 Å². The van der Waals surface area contributed by atoms with E-state index in [9.17, 15) is 9.59 Å². The Hall–Kier alpha value is -3.18. The number of anilines is 1. The summed E-state index contributed by atoms with van der Waals surface area (Å²) in [6, 6.07) is 8.74. The number of imidazole rings is 1. The predicted molar refractivity (Wildman–Crippen MR) is 108 cm³/mol. The number of hydrogen-bond acceptors (Lipinski definition) is 5. The lowest BCUT2D eigenvalue weighted by molar-refractivity contribution is 0.0645. The number of carbonyl (C=O) groups excluding carboxylic acids is 2. The fraction of sp³-hybridized carbons (Fsp3) is 0.429. The van der Waals surface area contributed by atoms with Crippen molar-refractivity contribution in [3.8, 4) is 6.07 Å². The van der Waals surface area contributed by atoms with E-state index in [-0.39, 0.29) is 11.8 Å². The highest BCUT2D eigenvalue weighted by molar-refractivity contribution is 6.05. The Morgan fingerprint density at radius 3 is 2.48 bits per heavy atom. The molecule has 4 rings (SSSR count). The van der Waals surface area contributed by atoms with Gasteiger partial charge in [0.05, 0.1) is 17.3 Å². The van der Waals surface area contributed by atoms with Crippen molar-refractivity contribution in [2.45, 2.75) is 25.8 Å². The number of fused-ring (bicyclic) bond motifs is 1. The third-order valence-electron chi connectivity index (χ3n) is 5.59. The van der Waals surface area contributed by atoms with Gasteiger partial charge >= 0.3 is 0 Å². The summed E-state index contributed by atoms with van der Waals surface area (Å²) in [7, 11) is 2.05. The third-order valence-corrected chi connectivity index (χ3v) is 5.59. The van der Waals surface area contributed by atoms with Crippen LogP contribution in [0.4, 0.5) is 5.69 Å². The van der Waals surface area contributed by atoms with Crippen LogP contribution in [0.2, 0.25) is 0 Å². The SMILES string of the molecule is CN1CCN(C(=O)c2nc(C(=O)Nc3ccc(C#N)cc3)c3n2CCCC3)CC1. The first-order chi connectivity index (χ1) is 14.1. The quantitative estimate of drug-likeness (QED) is 0.859. The minimum atomic E-state index is -0.321. The number of nitrogens with one attached hydrogen (secondary N) is 1. The lowest BCUT2D eigenvalue weighted by Gasteiger charge is -2.32. The summed E-state index contributed by atoms with van der Waals surface area (Å²) in [5.74, 6) is -0.0503. The van der Waals surface area contributed by atoms with Crippen LogP contribution in [-0.2, 0) is 13.0 Å². The first-order valence-corrected chi connectivity index (χ1v) is 9.95. The number of aromatic nitrogens is 2. The minimum Gasteiger partial charge on any atom is -0.333 e. The van der Waals surface area contributed by atoms with Crippen molar-refractivity contribution >= 4 is 17.5 Å². The molecule has 1 saturated heterocycles. The number of likely N-dealkylation sites (N-methyl/N-ethyl adjacent to an activating group) is 1. The second-order valence-corrected chi connectivity index (χ2v) is 7.58. The zero-order chi connectivity index (χ0) is 20.4. The molecule has 2 aliphatic rings. The molecule has 2 amide bonds. The van der Waals surface area contributed by atoms with Gasteiger partial charge in [0.1, 0.15) is 0 Å². The molecule has 0 unspecified atom stereocenters.